The van der Waals surface area contributed by atoms with Crippen LogP contribution in [0.15, 0.2) is 65.8 Å². The van der Waals surface area contributed by atoms with Crippen molar-refractivity contribution in [3.05, 3.63) is 60.9 Å². The number of nitrogens with one attached hydrogen (secondary N) is 1. The molecule has 0 spiro atoms. The number of rotatable bonds is 4. The number of hydrogen-bond donors (Lipinski definition) is 2. The first-order valence-corrected chi connectivity index (χ1v) is 9.25. The molecule has 0 saturated carbocycles. The van der Waals surface area contributed by atoms with Crippen LogP contribution < -0.4 is 10.5 Å². The number of H-pyrrole nitrogens is 1. The van der Waals surface area contributed by atoms with Gasteiger partial charge in [0.15, 0.2) is 5.95 Å². The number of imidazole rings is 1. The van der Waals surface area contributed by atoms with Gasteiger partial charge in [0, 0.05) is 17.1 Å². The van der Waals surface area contributed by atoms with Crippen molar-refractivity contribution < 1.29 is 13.2 Å². The Balaban J connectivity index is 2.02. The average molecular weight is 368 g/mol. The Morgan fingerprint density at radius 3 is 2.58 bits per heavy atom. The van der Waals surface area contributed by atoms with Crippen molar-refractivity contribution in [2.75, 3.05) is 12.8 Å². The standard InChI is InChI=1S/C18H16N4O3S/c1-25-12-7-8-17-14(9-12)15(16-10-20-18(19)21-16)11-22(17)26(23,24)13-5-3-2-4-6-13/h2-11H,1H3,(H3,19,20,21). The van der Waals surface area contributed by atoms with Crippen LogP contribution in [-0.2, 0) is 10.0 Å². The predicted molar refractivity (Wildman–Crippen MR) is 99.5 cm³/mol. The zero-order valence-electron chi connectivity index (χ0n) is 13.9. The van der Waals surface area contributed by atoms with Gasteiger partial charge in [-0.15, -0.1) is 0 Å². The molecule has 0 aliphatic heterocycles. The van der Waals surface area contributed by atoms with Crippen molar-refractivity contribution in [3.63, 3.8) is 0 Å². The van der Waals surface area contributed by atoms with Crippen molar-refractivity contribution in [3.8, 4) is 17.0 Å². The average Bonchev–Trinajstić information content (AvgIpc) is 3.25. The van der Waals surface area contributed by atoms with Gasteiger partial charge < -0.3 is 15.5 Å². The highest BCUT2D eigenvalue weighted by molar-refractivity contribution is 7.90. The number of aromatic nitrogens is 3. The SMILES string of the molecule is COc1ccc2c(c1)c(-c1cnc(N)[nH]1)cn2S(=O)(=O)c1ccccc1. The second kappa shape index (κ2) is 5.92. The fourth-order valence-electron chi connectivity index (χ4n) is 2.90. The molecule has 0 aliphatic carbocycles. The van der Waals surface area contributed by atoms with Crippen LogP contribution in [-0.4, -0.2) is 29.5 Å². The van der Waals surface area contributed by atoms with E-state index in [2.05, 4.69) is 9.97 Å². The number of anilines is 1. The molecule has 0 fully saturated rings. The highest BCUT2D eigenvalue weighted by Crippen LogP contribution is 2.34. The number of fused-ring (bicyclic) bond motifs is 1. The Bertz CT molecular complexity index is 1190. The van der Waals surface area contributed by atoms with E-state index in [1.165, 1.54) is 3.97 Å². The molecule has 7 nitrogen and oxygen atoms in total. The predicted octanol–water partition coefficient (Wildman–Crippen LogP) is 2.86. The molecule has 2 heterocycles. The smallest absolute Gasteiger partial charge is 0.268 e. The molecule has 0 saturated heterocycles. The summed E-state index contributed by atoms with van der Waals surface area (Å²) in [6, 6.07) is 13.5. The summed E-state index contributed by atoms with van der Waals surface area (Å²) in [7, 11) is -2.19. The maximum atomic E-state index is 13.1. The molecule has 132 valence electrons. The quantitative estimate of drug-likeness (QED) is 0.576. The summed E-state index contributed by atoms with van der Waals surface area (Å²) in [6.45, 7) is 0. The highest BCUT2D eigenvalue weighted by Gasteiger charge is 2.22. The van der Waals surface area contributed by atoms with Crippen LogP contribution in [0.1, 0.15) is 0 Å². The number of nitrogens with zero attached hydrogens (tertiary/aromatic N) is 2. The Kier molecular flexibility index (Phi) is 3.69. The fraction of sp³-hybridized carbons (Fsp3) is 0.0556. The normalized spacial score (nSPS) is 11.7. The zero-order chi connectivity index (χ0) is 18.3. The molecule has 0 bridgehead atoms. The Morgan fingerprint density at radius 1 is 1.15 bits per heavy atom. The molecule has 0 atom stereocenters. The summed E-state index contributed by atoms with van der Waals surface area (Å²) >= 11 is 0. The van der Waals surface area contributed by atoms with Gasteiger partial charge in [-0.25, -0.2) is 17.4 Å². The summed E-state index contributed by atoms with van der Waals surface area (Å²) in [6.07, 6.45) is 3.14. The maximum Gasteiger partial charge on any atom is 0.268 e. The molecule has 3 N–H and O–H groups in total. The van der Waals surface area contributed by atoms with Gasteiger partial charge in [-0.05, 0) is 30.3 Å². The van der Waals surface area contributed by atoms with Crippen molar-refractivity contribution >= 4 is 26.9 Å². The molecule has 26 heavy (non-hydrogen) atoms. The molecule has 2 aromatic carbocycles. The molecular formula is C18H16N4O3S. The van der Waals surface area contributed by atoms with Crippen LogP contribution in [0.5, 0.6) is 5.75 Å². The van der Waals surface area contributed by atoms with Gasteiger partial charge in [-0.3, -0.25) is 0 Å². The topological polar surface area (TPSA) is 103 Å². The maximum absolute atomic E-state index is 13.1. The van der Waals surface area contributed by atoms with E-state index < -0.39 is 10.0 Å². The lowest BCUT2D eigenvalue weighted by molar-refractivity contribution is 0.415. The Hall–Kier alpha value is -3.26. The minimum atomic E-state index is -3.76. The van der Waals surface area contributed by atoms with Crippen molar-refractivity contribution in [1.29, 1.82) is 0 Å². The number of aromatic amines is 1. The number of ether oxygens (including phenoxy) is 1. The molecule has 0 aliphatic rings. The van der Waals surface area contributed by atoms with E-state index in [1.54, 1.807) is 68.0 Å². The Labute approximate surface area is 150 Å². The molecule has 0 amide bonds. The van der Waals surface area contributed by atoms with Crippen LogP contribution in [0, 0.1) is 0 Å². The first-order valence-electron chi connectivity index (χ1n) is 7.81. The van der Waals surface area contributed by atoms with Crippen LogP contribution in [0.4, 0.5) is 5.95 Å². The lowest BCUT2D eigenvalue weighted by Gasteiger charge is -2.07. The first-order chi connectivity index (χ1) is 12.5. The summed E-state index contributed by atoms with van der Waals surface area (Å²) < 4.78 is 32.8. The molecular weight excluding hydrogens is 352 g/mol. The van der Waals surface area contributed by atoms with E-state index in [9.17, 15) is 8.42 Å². The fourth-order valence-corrected chi connectivity index (χ4v) is 4.29. The van der Waals surface area contributed by atoms with E-state index in [1.807, 2.05) is 0 Å². The summed E-state index contributed by atoms with van der Waals surface area (Å²) in [5.41, 5.74) is 7.52. The largest absolute Gasteiger partial charge is 0.497 e. The molecule has 8 heteroatoms. The van der Waals surface area contributed by atoms with E-state index in [0.717, 1.165) is 0 Å². The summed E-state index contributed by atoms with van der Waals surface area (Å²) in [5.74, 6) is 0.885. The number of nitrogens with two attached hydrogens (primary N) is 1. The third kappa shape index (κ3) is 2.51. The van der Waals surface area contributed by atoms with E-state index in [-0.39, 0.29) is 10.8 Å². The van der Waals surface area contributed by atoms with E-state index in [4.69, 9.17) is 10.5 Å². The third-order valence-electron chi connectivity index (χ3n) is 4.16. The van der Waals surface area contributed by atoms with Gasteiger partial charge in [0.05, 0.1) is 29.4 Å². The summed E-state index contributed by atoms with van der Waals surface area (Å²) in [4.78, 5) is 7.16. The van der Waals surface area contributed by atoms with Gasteiger partial charge in [-0.2, -0.15) is 0 Å². The third-order valence-corrected chi connectivity index (χ3v) is 5.85. The minimum Gasteiger partial charge on any atom is -0.497 e. The van der Waals surface area contributed by atoms with Gasteiger partial charge in [0.1, 0.15) is 5.75 Å². The lowest BCUT2D eigenvalue weighted by atomic mass is 10.1. The van der Waals surface area contributed by atoms with Crippen LogP contribution in [0.3, 0.4) is 0 Å². The van der Waals surface area contributed by atoms with Gasteiger partial charge in [-0.1, -0.05) is 18.2 Å². The molecule has 4 rings (SSSR count). The zero-order valence-corrected chi connectivity index (χ0v) is 14.7. The Morgan fingerprint density at radius 2 is 1.92 bits per heavy atom. The van der Waals surface area contributed by atoms with E-state index in [0.29, 0.717) is 27.9 Å². The monoisotopic (exact) mass is 368 g/mol. The number of hydrogen-bond acceptors (Lipinski definition) is 5. The molecule has 0 radical (unpaired) electrons. The highest BCUT2D eigenvalue weighted by atomic mass is 32.2. The first kappa shape index (κ1) is 16.2. The second-order valence-electron chi connectivity index (χ2n) is 5.72. The van der Waals surface area contributed by atoms with E-state index >= 15 is 0 Å². The van der Waals surface area contributed by atoms with Crippen molar-refractivity contribution in [1.82, 2.24) is 13.9 Å². The van der Waals surface area contributed by atoms with Crippen molar-refractivity contribution in [2.24, 2.45) is 0 Å². The minimum absolute atomic E-state index is 0.211. The van der Waals surface area contributed by atoms with Crippen LogP contribution >= 0.6 is 0 Å². The summed E-state index contributed by atoms with van der Waals surface area (Å²) in [5, 5.41) is 0.715. The van der Waals surface area contributed by atoms with Gasteiger partial charge in [0.25, 0.3) is 10.0 Å². The molecule has 0 unspecified atom stereocenters. The van der Waals surface area contributed by atoms with Crippen LogP contribution in [0.25, 0.3) is 22.2 Å². The van der Waals surface area contributed by atoms with Crippen molar-refractivity contribution in [2.45, 2.75) is 4.90 Å². The number of methoxy groups -OCH3 is 1. The van der Waals surface area contributed by atoms with Gasteiger partial charge >= 0.3 is 0 Å². The molecule has 2 aromatic heterocycles. The number of nitrogen functional groups attached to an aromatic ring is 1. The number of benzene rings is 2. The van der Waals surface area contributed by atoms with Crippen LogP contribution in [0.2, 0.25) is 0 Å². The second-order valence-corrected chi connectivity index (χ2v) is 7.54. The van der Waals surface area contributed by atoms with Gasteiger partial charge in [0.2, 0.25) is 0 Å². The molecule has 4 aromatic rings. The lowest BCUT2D eigenvalue weighted by Crippen LogP contribution is -2.11.